The molecule has 0 spiro atoms. The van der Waals surface area contributed by atoms with E-state index in [2.05, 4.69) is 0 Å². The van der Waals surface area contributed by atoms with Crippen molar-refractivity contribution >= 4 is 15.8 Å². The second kappa shape index (κ2) is 5.90. The van der Waals surface area contributed by atoms with E-state index in [1.165, 1.54) is 23.5 Å². The lowest BCUT2D eigenvalue weighted by atomic mass is 10.1. The molecule has 0 bridgehead atoms. The number of Topliss-reactive ketones (excluding diaryl/α,β-unsaturated/α-hetero) is 1. The molecule has 0 amide bonds. The minimum Gasteiger partial charge on any atom is -0.497 e. The Balaban J connectivity index is 2.26. The van der Waals surface area contributed by atoms with Crippen LogP contribution in [0.4, 0.5) is 0 Å². The summed E-state index contributed by atoms with van der Waals surface area (Å²) in [4.78, 5) is 11.9. The van der Waals surface area contributed by atoms with Gasteiger partial charge in [0.05, 0.1) is 24.6 Å². The fraction of sp³-hybridized carbons (Fsp3) is 0.462. The molecule has 2 N–H and O–H groups in total. The van der Waals surface area contributed by atoms with Crippen LogP contribution in [0.15, 0.2) is 29.2 Å². The summed E-state index contributed by atoms with van der Waals surface area (Å²) in [6, 6.07) is 5.55. The topological polar surface area (TPSA) is 89.7 Å². The molecule has 1 saturated heterocycles. The summed E-state index contributed by atoms with van der Waals surface area (Å²) in [6.07, 6.45) is 1.11. The van der Waals surface area contributed by atoms with Gasteiger partial charge in [0.2, 0.25) is 10.0 Å². The molecule has 1 aliphatic rings. The van der Waals surface area contributed by atoms with Gasteiger partial charge < -0.3 is 10.5 Å². The maximum atomic E-state index is 12.5. The standard InChI is InChI=1S/C13H18N2O4S/c1-19-10-4-6-11(7-5-10)20(17,18)15-8-2-3-12(14)13(16)9-15/h4-7,12H,2-3,8-9,14H2,1H3. The first kappa shape index (κ1) is 15.0. The van der Waals surface area contributed by atoms with Gasteiger partial charge in [0.25, 0.3) is 0 Å². The van der Waals surface area contributed by atoms with Gasteiger partial charge in [-0.15, -0.1) is 0 Å². The van der Waals surface area contributed by atoms with Gasteiger partial charge in [-0.25, -0.2) is 8.42 Å². The summed E-state index contributed by atoms with van der Waals surface area (Å²) in [7, 11) is -2.15. The lowest BCUT2D eigenvalue weighted by Gasteiger charge is -2.19. The highest BCUT2D eigenvalue weighted by molar-refractivity contribution is 7.89. The lowest BCUT2D eigenvalue weighted by Crippen LogP contribution is -2.39. The summed E-state index contributed by atoms with van der Waals surface area (Å²) in [6.45, 7) is 0.156. The lowest BCUT2D eigenvalue weighted by molar-refractivity contribution is -0.120. The minimum absolute atomic E-state index is 0.154. The zero-order chi connectivity index (χ0) is 14.8. The maximum absolute atomic E-state index is 12.5. The predicted octanol–water partition coefficient (Wildman–Crippen LogP) is 0.376. The molecule has 110 valence electrons. The van der Waals surface area contributed by atoms with Crippen molar-refractivity contribution in [2.75, 3.05) is 20.2 Å². The fourth-order valence-electron chi connectivity index (χ4n) is 2.12. The summed E-state index contributed by atoms with van der Waals surface area (Å²) in [5, 5.41) is 0. The Kier molecular flexibility index (Phi) is 4.42. The largest absolute Gasteiger partial charge is 0.497 e. The van der Waals surface area contributed by atoms with Gasteiger partial charge in [0, 0.05) is 6.54 Å². The molecule has 0 aromatic heterocycles. The van der Waals surface area contributed by atoms with Crippen LogP contribution in [-0.4, -0.2) is 44.7 Å². The van der Waals surface area contributed by atoms with Crippen molar-refractivity contribution in [3.63, 3.8) is 0 Å². The number of carbonyl (C=O) groups is 1. The first-order valence-electron chi connectivity index (χ1n) is 6.37. The number of benzene rings is 1. The Labute approximate surface area is 118 Å². The normalized spacial score (nSPS) is 21.5. The second-order valence-corrected chi connectivity index (χ2v) is 6.67. The Morgan fingerprint density at radius 1 is 1.30 bits per heavy atom. The van der Waals surface area contributed by atoms with Crippen molar-refractivity contribution in [3.8, 4) is 5.75 Å². The first-order chi connectivity index (χ1) is 9.45. The molecular formula is C13H18N2O4S. The SMILES string of the molecule is COc1ccc(S(=O)(=O)N2CCCC(N)C(=O)C2)cc1. The van der Waals surface area contributed by atoms with Crippen molar-refractivity contribution < 1.29 is 17.9 Å². The number of nitrogens with two attached hydrogens (primary N) is 1. The number of ketones is 1. The van der Waals surface area contributed by atoms with E-state index in [4.69, 9.17) is 10.5 Å². The van der Waals surface area contributed by atoms with Crippen LogP contribution >= 0.6 is 0 Å². The van der Waals surface area contributed by atoms with Gasteiger partial charge in [0.15, 0.2) is 5.78 Å². The quantitative estimate of drug-likeness (QED) is 0.871. The Hall–Kier alpha value is -1.44. The van der Waals surface area contributed by atoms with Crippen LogP contribution in [0.1, 0.15) is 12.8 Å². The molecule has 1 fully saturated rings. The number of carbonyl (C=O) groups excluding carboxylic acids is 1. The smallest absolute Gasteiger partial charge is 0.243 e. The number of rotatable bonds is 3. The van der Waals surface area contributed by atoms with Gasteiger partial charge in [-0.05, 0) is 37.1 Å². The van der Waals surface area contributed by atoms with E-state index in [1.54, 1.807) is 12.1 Å². The number of methoxy groups -OCH3 is 1. The predicted molar refractivity (Wildman–Crippen MR) is 74.0 cm³/mol. The summed E-state index contributed by atoms with van der Waals surface area (Å²) >= 11 is 0. The molecule has 0 radical (unpaired) electrons. The van der Waals surface area contributed by atoms with Crippen LogP contribution in [0.2, 0.25) is 0 Å². The molecule has 1 heterocycles. The molecule has 2 rings (SSSR count). The Morgan fingerprint density at radius 3 is 2.55 bits per heavy atom. The Morgan fingerprint density at radius 2 is 1.95 bits per heavy atom. The zero-order valence-electron chi connectivity index (χ0n) is 11.3. The molecule has 0 aliphatic carbocycles. The van der Waals surface area contributed by atoms with Crippen LogP contribution in [0.3, 0.4) is 0 Å². The van der Waals surface area contributed by atoms with Crippen molar-refractivity contribution in [2.24, 2.45) is 5.73 Å². The van der Waals surface area contributed by atoms with Crippen molar-refractivity contribution in [2.45, 2.75) is 23.8 Å². The molecule has 7 heteroatoms. The third-order valence-electron chi connectivity index (χ3n) is 3.37. The van der Waals surface area contributed by atoms with Gasteiger partial charge in [-0.2, -0.15) is 4.31 Å². The van der Waals surface area contributed by atoms with Crippen molar-refractivity contribution in [1.82, 2.24) is 4.31 Å². The number of ether oxygens (including phenoxy) is 1. The maximum Gasteiger partial charge on any atom is 0.243 e. The van der Waals surface area contributed by atoms with E-state index in [0.29, 0.717) is 25.1 Å². The molecule has 1 aromatic carbocycles. The minimum atomic E-state index is -3.67. The number of sulfonamides is 1. The number of nitrogens with zero attached hydrogens (tertiary/aromatic N) is 1. The third-order valence-corrected chi connectivity index (χ3v) is 5.23. The van der Waals surface area contributed by atoms with E-state index in [1.807, 2.05) is 0 Å². The van der Waals surface area contributed by atoms with Crippen LogP contribution in [-0.2, 0) is 14.8 Å². The number of hydrogen-bond donors (Lipinski definition) is 1. The summed E-state index contributed by atoms with van der Waals surface area (Å²) in [5.74, 6) is 0.345. The molecule has 1 aromatic rings. The molecule has 1 aliphatic heterocycles. The van der Waals surface area contributed by atoms with Gasteiger partial charge >= 0.3 is 0 Å². The average molecular weight is 298 g/mol. The second-order valence-electron chi connectivity index (χ2n) is 4.73. The number of hydrogen-bond acceptors (Lipinski definition) is 5. The van der Waals surface area contributed by atoms with Crippen LogP contribution in [0, 0.1) is 0 Å². The zero-order valence-corrected chi connectivity index (χ0v) is 12.1. The van der Waals surface area contributed by atoms with Gasteiger partial charge in [0.1, 0.15) is 5.75 Å². The molecular weight excluding hydrogens is 280 g/mol. The Bertz CT molecular complexity index is 583. The third kappa shape index (κ3) is 3.00. The average Bonchev–Trinajstić information content (AvgIpc) is 2.61. The van der Waals surface area contributed by atoms with Gasteiger partial charge in [-0.1, -0.05) is 0 Å². The van der Waals surface area contributed by atoms with Crippen molar-refractivity contribution in [3.05, 3.63) is 24.3 Å². The van der Waals surface area contributed by atoms with E-state index >= 15 is 0 Å². The molecule has 6 nitrogen and oxygen atoms in total. The molecule has 1 atom stereocenters. The summed E-state index contributed by atoms with van der Waals surface area (Å²) < 4.78 is 31.2. The van der Waals surface area contributed by atoms with Crippen LogP contribution < -0.4 is 10.5 Å². The highest BCUT2D eigenvalue weighted by atomic mass is 32.2. The van der Waals surface area contributed by atoms with E-state index in [-0.39, 0.29) is 17.2 Å². The highest BCUT2D eigenvalue weighted by Gasteiger charge is 2.30. The monoisotopic (exact) mass is 298 g/mol. The van der Waals surface area contributed by atoms with Crippen molar-refractivity contribution in [1.29, 1.82) is 0 Å². The molecule has 1 unspecified atom stereocenters. The van der Waals surface area contributed by atoms with Crippen LogP contribution in [0.25, 0.3) is 0 Å². The van der Waals surface area contributed by atoms with E-state index in [0.717, 1.165) is 0 Å². The molecule has 20 heavy (non-hydrogen) atoms. The van der Waals surface area contributed by atoms with Gasteiger partial charge in [-0.3, -0.25) is 4.79 Å². The highest BCUT2D eigenvalue weighted by Crippen LogP contribution is 2.21. The summed E-state index contributed by atoms with van der Waals surface area (Å²) in [5.41, 5.74) is 5.67. The van der Waals surface area contributed by atoms with Crippen LogP contribution in [0.5, 0.6) is 5.75 Å². The van der Waals surface area contributed by atoms with E-state index in [9.17, 15) is 13.2 Å². The molecule has 0 saturated carbocycles. The van der Waals surface area contributed by atoms with E-state index < -0.39 is 16.1 Å². The first-order valence-corrected chi connectivity index (χ1v) is 7.81. The fourth-order valence-corrected chi connectivity index (χ4v) is 3.57.